The van der Waals surface area contributed by atoms with Crippen molar-refractivity contribution in [1.29, 1.82) is 0 Å². The van der Waals surface area contributed by atoms with Crippen LogP contribution in [0.15, 0.2) is 40.9 Å². The maximum atomic E-state index is 12.5. The van der Waals surface area contributed by atoms with Gasteiger partial charge in [0.15, 0.2) is 11.5 Å². The fraction of sp³-hybridized carbons (Fsp3) is 0.200. The lowest BCUT2D eigenvalue weighted by molar-refractivity contribution is 0.102. The number of ether oxygens (including phenoxy) is 2. The van der Waals surface area contributed by atoms with Crippen LogP contribution in [-0.2, 0) is 6.61 Å². The lowest BCUT2D eigenvalue weighted by Crippen LogP contribution is -2.12. The molecular weight excluding hydrogens is 403 g/mol. The lowest BCUT2D eigenvalue weighted by Gasteiger charge is -2.13. The van der Waals surface area contributed by atoms with Crippen LogP contribution in [0.5, 0.6) is 11.5 Å². The van der Waals surface area contributed by atoms with E-state index in [0.717, 1.165) is 11.3 Å². The van der Waals surface area contributed by atoms with Gasteiger partial charge < -0.3 is 19.3 Å². The summed E-state index contributed by atoms with van der Waals surface area (Å²) < 4.78 is 16.3. The van der Waals surface area contributed by atoms with Gasteiger partial charge in [0, 0.05) is 10.6 Å². The molecule has 0 saturated heterocycles. The van der Waals surface area contributed by atoms with Crippen molar-refractivity contribution < 1.29 is 18.8 Å². The third-order valence-corrected chi connectivity index (χ3v) is 4.71. The van der Waals surface area contributed by atoms with Crippen molar-refractivity contribution in [2.45, 2.75) is 20.5 Å². The van der Waals surface area contributed by atoms with Crippen LogP contribution in [0.25, 0.3) is 0 Å². The molecule has 1 amide bonds. The highest BCUT2D eigenvalue weighted by atomic mass is 35.5. The molecule has 0 aliphatic carbocycles. The Morgan fingerprint density at radius 2 is 1.93 bits per heavy atom. The number of carbonyl (C=O) groups excluding carboxylic acids is 1. The predicted octanol–water partition coefficient (Wildman–Crippen LogP) is 5.44. The van der Waals surface area contributed by atoms with Gasteiger partial charge in [-0.15, -0.1) is 0 Å². The standard InChI is InChI=1S/C20H18Cl2N2O4/c1-11-15(12(2)28-24-11)10-27-18-7-4-13(8-19(18)26-3)20(25)23-17-6-5-14(21)9-16(17)22/h4-9H,10H2,1-3H3,(H,23,25). The van der Waals surface area contributed by atoms with Gasteiger partial charge in [0.2, 0.25) is 0 Å². The van der Waals surface area contributed by atoms with Crippen LogP contribution in [0.2, 0.25) is 10.0 Å². The Balaban J connectivity index is 1.75. The number of halogens is 2. The maximum absolute atomic E-state index is 12.5. The van der Waals surface area contributed by atoms with Gasteiger partial charge in [-0.25, -0.2) is 0 Å². The molecule has 146 valence electrons. The molecule has 2 aromatic carbocycles. The molecule has 0 atom stereocenters. The van der Waals surface area contributed by atoms with Crippen LogP contribution in [0.4, 0.5) is 5.69 Å². The number of amides is 1. The van der Waals surface area contributed by atoms with Crippen LogP contribution in [0.3, 0.4) is 0 Å². The number of aromatic nitrogens is 1. The fourth-order valence-electron chi connectivity index (χ4n) is 2.57. The quantitative estimate of drug-likeness (QED) is 0.574. The number of rotatable bonds is 6. The van der Waals surface area contributed by atoms with E-state index in [4.69, 9.17) is 37.2 Å². The van der Waals surface area contributed by atoms with E-state index in [1.54, 1.807) is 36.4 Å². The van der Waals surface area contributed by atoms with Crippen molar-refractivity contribution in [3.63, 3.8) is 0 Å². The smallest absolute Gasteiger partial charge is 0.255 e. The van der Waals surface area contributed by atoms with Crippen molar-refractivity contribution >= 4 is 34.8 Å². The summed E-state index contributed by atoms with van der Waals surface area (Å²) >= 11 is 12.0. The zero-order chi connectivity index (χ0) is 20.3. The largest absolute Gasteiger partial charge is 0.493 e. The van der Waals surface area contributed by atoms with Gasteiger partial charge in [-0.2, -0.15) is 0 Å². The van der Waals surface area contributed by atoms with Crippen LogP contribution in [0.1, 0.15) is 27.4 Å². The van der Waals surface area contributed by atoms with Crippen molar-refractivity contribution in [3.05, 3.63) is 69.0 Å². The van der Waals surface area contributed by atoms with Crippen molar-refractivity contribution in [2.24, 2.45) is 0 Å². The second-order valence-electron chi connectivity index (χ2n) is 6.04. The molecule has 0 fully saturated rings. The minimum atomic E-state index is -0.334. The second-order valence-corrected chi connectivity index (χ2v) is 6.88. The highest BCUT2D eigenvalue weighted by Crippen LogP contribution is 2.31. The highest BCUT2D eigenvalue weighted by molar-refractivity contribution is 6.36. The molecule has 1 heterocycles. The first kappa shape index (κ1) is 20.0. The second kappa shape index (κ2) is 8.54. The molecule has 8 heteroatoms. The lowest BCUT2D eigenvalue weighted by atomic mass is 10.1. The Morgan fingerprint density at radius 3 is 2.57 bits per heavy atom. The molecule has 3 aromatic rings. The molecule has 0 spiro atoms. The fourth-order valence-corrected chi connectivity index (χ4v) is 3.03. The van der Waals surface area contributed by atoms with E-state index in [1.807, 2.05) is 13.8 Å². The topological polar surface area (TPSA) is 73.6 Å². The molecular formula is C20H18Cl2N2O4. The Bertz CT molecular complexity index is 998. The SMILES string of the molecule is COc1cc(C(=O)Nc2ccc(Cl)cc2Cl)ccc1OCc1c(C)noc1C. The Kier molecular flexibility index (Phi) is 6.11. The number of nitrogens with one attached hydrogen (secondary N) is 1. The average molecular weight is 421 g/mol. The number of methoxy groups -OCH3 is 1. The number of carbonyl (C=O) groups is 1. The summed E-state index contributed by atoms with van der Waals surface area (Å²) in [6.07, 6.45) is 0. The van der Waals surface area contributed by atoms with Gasteiger partial charge in [-0.05, 0) is 50.2 Å². The molecule has 6 nitrogen and oxygen atoms in total. The number of aryl methyl sites for hydroxylation is 2. The van der Waals surface area contributed by atoms with Gasteiger partial charge in [0.25, 0.3) is 5.91 Å². The first-order chi connectivity index (χ1) is 13.4. The minimum Gasteiger partial charge on any atom is -0.493 e. The summed E-state index contributed by atoms with van der Waals surface area (Å²) in [5.41, 5.74) is 2.51. The van der Waals surface area contributed by atoms with E-state index in [1.165, 1.54) is 7.11 Å². The minimum absolute atomic E-state index is 0.281. The Labute approximate surface area is 172 Å². The summed E-state index contributed by atoms with van der Waals surface area (Å²) in [5.74, 6) is 1.30. The first-order valence-electron chi connectivity index (χ1n) is 8.38. The van der Waals surface area contributed by atoms with Crippen LogP contribution in [-0.4, -0.2) is 18.2 Å². The normalized spacial score (nSPS) is 10.6. The van der Waals surface area contributed by atoms with Crippen LogP contribution >= 0.6 is 23.2 Å². The molecule has 1 N–H and O–H groups in total. The van der Waals surface area contributed by atoms with E-state index in [0.29, 0.717) is 38.6 Å². The number of anilines is 1. The van der Waals surface area contributed by atoms with Gasteiger partial charge in [0.1, 0.15) is 12.4 Å². The third kappa shape index (κ3) is 4.40. The number of benzene rings is 2. The van der Waals surface area contributed by atoms with E-state index in [9.17, 15) is 4.79 Å². The van der Waals surface area contributed by atoms with E-state index in [-0.39, 0.29) is 12.5 Å². The molecule has 0 unspecified atom stereocenters. The van der Waals surface area contributed by atoms with Crippen molar-refractivity contribution in [3.8, 4) is 11.5 Å². The predicted molar refractivity (Wildman–Crippen MR) is 108 cm³/mol. The molecule has 28 heavy (non-hydrogen) atoms. The van der Waals surface area contributed by atoms with E-state index >= 15 is 0 Å². The summed E-state index contributed by atoms with van der Waals surface area (Å²) in [7, 11) is 1.51. The average Bonchev–Trinajstić information content (AvgIpc) is 3.00. The third-order valence-electron chi connectivity index (χ3n) is 4.16. The van der Waals surface area contributed by atoms with Gasteiger partial charge in [-0.1, -0.05) is 28.4 Å². The van der Waals surface area contributed by atoms with Crippen LogP contribution < -0.4 is 14.8 Å². The molecule has 0 radical (unpaired) electrons. The monoisotopic (exact) mass is 420 g/mol. The first-order valence-corrected chi connectivity index (χ1v) is 9.13. The Morgan fingerprint density at radius 1 is 1.14 bits per heavy atom. The number of hydrogen-bond acceptors (Lipinski definition) is 5. The summed E-state index contributed by atoms with van der Waals surface area (Å²) in [6, 6.07) is 9.77. The summed E-state index contributed by atoms with van der Waals surface area (Å²) in [4.78, 5) is 12.5. The zero-order valence-electron chi connectivity index (χ0n) is 15.5. The van der Waals surface area contributed by atoms with Gasteiger partial charge >= 0.3 is 0 Å². The van der Waals surface area contributed by atoms with Crippen LogP contribution in [0, 0.1) is 13.8 Å². The van der Waals surface area contributed by atoms with Crippen molar-refractivity contribution in [2.75, 3.05) is 12.4 Å². The van der Waals surface area contributed by atoms with Gasteiger partial charge in [-0.3, -0.25) is 4.79 Å². The van der Waals surface area contributed by atoms with Crippen molar-refractivity contribution in [1.82, 2.24) is 5.16 Å². The highest BCUT2D eigenvalue weighted by Gasteiger charge is 2.15. The van der Waals surface area contributed by atoms with E-state index < -0.39 is 0 Å². The molecule has 0 bridgehead atoms. The molecule has 0 aliphatic heterocycles. The van der Waals surface area contributed by atoms with E-state index in [2.05, 4.69) is 10.5 Å². The Hall–Kier alpha value is -2.70. The summed E-state index contributed by atoms with van der Waals surface area (Å²) in [6.45, 7) is 3.95. The zero-order valence-corrected chi connectivity index (χ0v) is 17.0. The number of hydrogen-bond donors (Lipinski definition) is 1. The van der Waals surface area contributed by atoms with Gasteiger partial charge in [0.05, 0.1) is 29.1 Å². The molecule has 0 saturated carbocycles. The summed E-state index contributed by atoms with van der Waals surface area (Å²) in [5, 5.41) is 7.49. The molecule has 1 aromatic heterocycles. The number of nitrogens with zero attached hydrogens (tertiary/aromatic N) is 1. The maximum Gasteiger partial charge on any atom is 0.255 e. The molecule has 3 rings (SSSR count). The molecule has 0 aliphatic rings.